The number of nitrogens with one attached hydrogen (secondary N) is 1. The first-order valence-corrected chi connectivity index (χ1v) is 8.54. The second-order valence-electron chi connectivity index (χ2n) is 5.18. The first-order chi connectivity index (χ1) is 9.90. The summed E-state index contributed by atoms with van der Waals surface area (Å²) in [5.41, 5.74) is 1.04. The minimum Gasteiger partial charge on any atom is -0.486 e. The molecule has 0 aromatic heterocycles. The number of hydrogen-bond donors (Lipinski definition) is 1. The van der Waals surface area contributed by atoms with Gasteiger partial charge in [0.15, 0.2) is 11.5 Å². The van der Waals surface area contributed by atoms with Crippen molar-refractivity contribution in [1.82, 2.24) is 9.62 Å². The van der Waals surface area contributed by atoms with Crippen molar-refractivity contribution in [3.05, 3.63) is 23.8 Å². The number of sulfonamides is 1. The highest BCUT2D eigenvalue weighted by molar-refractivity contribution is 7.89. The molecule has 0 saturated carbocycles. The highest BCUT2D eigenvalue weighted by atomic mass is 32.2. The third kappa shape index (κ3) is 4.09. The molecule has 21 heavy (non-hydrogen) atoms. The Kier molecular flexibility index (Phi) is 5.08. The molecule has 0 fully saturated rings. The van der Waals surface area contributed by atoms with Crippen molar-refractivity contribution in [2.45, 2.75) is 13.0 Å². The van der Waals surface area contributed by atoms with Crippen molar-refractivity contribution in [3.63, 3.8) is 0 Å². The number of rotatable bonds is 6. The average Bonchev–Trinajstić information content (AvgIpc) is 2.46. The molecule has 1 aliphatic heterocycles. The Bertz CT molecular complexity index is 587. The zero-order chi connectivity index (χ0) is 15.5. The molecule has 1 unspecified atom stereocenters. The van der Waals surface area contributed by atoms with Crippen LogP contribution in [0.3, 0.4) is 0 Å². The average molecular weight is 314 g/mol. The largest absolute Gasteiger partial charge is 0.486 e. The van der Waals surface area contributed by atoms with E-state index in [1.54, 1.807) is 14.1 Å². The fourth-order valence-electron chi connectivity index (χ4n) is 2.03. The van der Waals surface area contributed by atoms with Crippen molar-refractivity contribution in [2.24, 2.45) is 0 Å². The first-order valence-electron chi connectivity index (χ1n) is 6.93. The van der Waals surface area contributed by atoms with E-state index < -0.39 is 10.0 Å². The number of fused-ring (bicyclic) bond motifs is 1. The van der Waals surface area contributed by atoms with Crippen LogP contribution in [0, 0.1) is 0 Å². The molecule has 1 atom stereocenters. The Morgan fingerprint density at radius 2 is 1.90 bits per heavy atom. The predicted molar refractivity (Wildman–Crippen MR) is 81.3 cm³/mol. The van der Waals surface area contributed by atoms with Gasteiger partial charge in [0.05, 0.1) is 5.75 Å². The lowest BCUT2D eigenvalue weighted by Gasteiger charge is -2.21. The summed E-state index contributed by atoms with van der Waals surface area (Å²) in [6.45, 7) is 3.52. The third-order valence-corrected chi connectivity index (χ3v) is 5.27. The maximum absolute atomic E-state index is 11.7. The van der Waals surface area contributed by atoms with E-state index in [0.717, 1.165) is 17.1 Å². The predicted octanol–water partition coefficient (Wildman–Crippen LogP) is 1.000. The summed E-state index contributed by atoms with van der Waals surface area (Å²) < 4.78 is 35.6. The molecule has 6 nitrogen and oxygen atoms in total. The van der Waals surface area contributed by atoms with E-state index in [1.165, 1.54) is 4.31 Å². The van der Waals surface area contributed by atoms with Crippen LogP contribution < -0.4 is 14.8 Å². The molecule has 0 amide bonds. The van der Waals surface area contributed by atoms with Gasteiger partial charge in [-0.1, -0.05) is 6.07 Å². The van der Waals surface area contributed by atoms with Crippen LogP contribution >= 0.6 is 0 Å². The number of ether oxygens (including phenoxy) is 2. The molecule has 2 rings (SSSR count). The second-order valence-corrected chi connectivity index (χ2v) is 7.48. The zero-order valence-electron chi connectivity index (χ0n) is 12.6. The van der Waals surface area contributed by atoms with Gasteiger partial charge in [0.2, 0.25) is 10.0 Å². The van der Waals surface area contributed by atoms with E-state index in [1.807, 2.05) is 25.1 Å². The van der Waals surface area contributed by atoms with E-state index >= 15 is 0 Å². The Hall–Kier alpha value is -1.31. The van der Waals surface area contributed by atoms with Gasteiger partial charge < -0.3 is 14.8 Å². The minimum absolute atomic E-state index is 0.0400. The van der Waals surface area contributed by atoms with Crippen molar-refractivity contribution >= 4 is 10.0 Å². The van der Waals surface area contributed by atoms with Crippen LogP contribution in [0.15, 0.2) is 18.2 Å². The molecule has 0 radical (unpaired) electrons. The molecule has 7 heteroatoms. The quantitative estimate of drug-likeness (QED) is 0.848. The third-order valence-electron chi connectivity index (χ3n) is 3.43. The lowest BCUT2D eigenvalue weighted by molar-refractivity contribution is 0.171. The summed E-state index contributed by atoms with van der Waals surface area (Å²) >= 11 is 0. The smallest absolute Gasteiger partial charge is 0.214 e. The molecule has 1 N–H and O–H groups in total. The van der Waals surface area contributed by atoms with Crippen LogP contribution in [-0.2, 0) is 10.0 Å². The monoisotopic (exact) mass is 314 g/mol. The van der Waals surface area contributed by atoms with Crippen molar-refractivity contribution < 1.29 is 17.9 Å². The van der Waals surface area contributed by atoms with Crippen molar-refractivity contribution in [2.75, 3.05) is 39.6 Å². The van der Waals surface area contributed by atoms with Gasteiger partial charge >= 0.3 is 0 Å². The maximum Gasteiger partial charge on any atom is 0.214 e. The zero-order valence-corrected chi connectivity index (χ0v) is 13.4. The summed E-state index contributed by atoms with van der Waals surface area (Å²) in [6.07, 6.45) is 0. The van der Waals surface area contributed by atoms with E-state index in [-0.39, 0.29) is 11.8 Å². The van der Waals surface area contributed by atoms with Gasteiger partial charge in [-0.2, -0.15) is 0 Å². The number of nitrogens with zero attached hydrogens (tertiary/aromatic N) is 1. The lowest BCUT2D eigenvalue weighted by atomic mass is 10.1. The van der Waals surface area contributed by atoms with Crippen LogP contribution in [-0.4, -0.2) is 52.3 Å². The first kappa shape index (κ1) is 16.1. The van der Waals surface area contributed by atoms with Gasteiger partial charge in [0.1, 0.15) is 13.2 Å². The van der Waals surface area contributed by atoms with Crippen LogP contribution in [0.1, 0.15) is 18.5 Å². The van der Waals surface area contributed by atoms with Gasteiger partial charge in [-0.05, 0) is 24.6 Å². The maximum atomic E-state index is 11.7. The van der Waals surface area contributed by atoms with Crippen LogP contribution in [0.25, 0.3) is 0 Å². The van der Waals surface area contributed by atoms with E-state index in [2.05, 4.69) is 5.32 Å². The Morgan fingerprint density at radius 3 is 2.57 bits per heavy atom. The topological polar surface area (TPSA) is 67.9 Å². The van der Waals surface area contributed by atoms with Crippen LogP contribution in [0.5, 0.6) is 11.5 Å². The van der Waals surface area contributed by atoms with E-state index in [0.29, 0.717) is 19.8 Å². The molecule has 1 aromatic rings. The highest BCUT2D eigenvalue weighted by Crippen LogP contribution is 2.32. The Morgan fingerprint density at radius 1 is 1.24 bits per heavy atom. The number of hydrogen-bond acceptors (Lipinski definition) is 5. The Balaban J connectivity index is 1.93. The van der Waals surface area contributed by atoms with Gasteiger partial charge in [-0.3, -0.25) is 0 Å². The van der Waals surface area contributed by atoms with Crippen molar-refractivity contribution in [1.29, 1.82) is 0 Å². The van der Waals surface area contributed by atoms with Crippen LogP contribution in [0.2, 0.25) is 0 Å². The molecule has 1 aromatic carbocycles. The molecule has 0 bridgehead atoms. The standard InChI is InChI=1S/C14H22N2O4S/c1-11(15-6-9-21(17,18)16(2)3)12-4-5-13-14(10-12)20-8-7-19-13/h4-5,10-11,15H,6-9H2,1-3H3. The van der Waals surface area contributed by atoms with E-state index in [4.69, 9.17) is 9.47 Å². The molecule has 0 aliphatic carbocycles. The van der Waals surface area contributed by atoms with Crippen molar-refractivity contribution in [3.8, 4) is 11.5 Å². The Labute approximate surface area is 126 Å². The molecule has 0 saturated heterocycles. The molecular weight excluding hydrogens is 292 g/mol. The summed E-state index contributed by atoms with van der Waals surface area (Å²) in [5, 5.41) is 3.21. The van der Waals surface area contributed by atoms with Gasteiger partial charge in [-0.25, -0.2) is 12.7 Å². The van der Waals surface area contributed by atoms with Gasteiger partial charge in [-0.15, -0.1) is 0 Å². The summed E-state index contributed by atoms with van der Waals surface area (Å²) in [4.78, 5) is 0. The van der Waals surface area contributed by atoms with Gasteiger partial charge in [0, 0.05) is 26.7 Å². The number of benzene rings is 1. The summed E-state index contributed by atoms with van der Waals surface area (Å²) in [6, 6.07) is 5.83. The molecule has 1 aliphatic rings. The second kappa shape index (κ2) is 6.64. The lowest BCUT2D eigenvalue weighted by Crippen LogP contribution is -2.32. The molecule has 118 valence electrons. The summed E-state index contributed by atoms with van der Waals surface area (Å²) in [7, 11) is -0.0818. The highest BCUT2D eigenvalue weighted by Gasteiger charge is 2.16. The fraction of sp³-hybridized carbons (Fsp3) is 0.571. The SMILES string of the molecule is CC(NCCS(=O)(=O)N(C)C)c1ccc2c(c1)OCCO2. The van der Waals surface area contributed by atoms with Crippen LogP contribution in [0.4, 0.5) is 0 Å². The summed E-state index contributed by atoms with van der Waals surface area (Å²) in [5.74, 6) is 1.58. The molecular formula is C14H22N2O4S. The van der Waals surface area contributed by atoms with Gasteiger partial charge in [0.25, 0.3) is 0 Å². The minimum atomic E-state index is -3.16. The molecule has 1 heterocycles. The van der Waals surface area contributed by atoms with E-state index in [9.17, 15) is 8.42 Å². The molecule has 0 spiro atoms. The fourth-order valence-corrected chi connectivity index (χ4v) is 2.78. The normalized spacial score (nSPS) is 16.0.